The first kappa shape index (κ1) is 22.6. The van der Waals surface area contributed by atoms with Crippen molar-refractivity contribution in [2.45, 2.75) is 32.1 Å². The van der Waals surface area contributed by atoms with Crippen LogP contribution in [0.2, 0.25) is 5.02 Å². The third-order valence-corrected chi connectivity index (χ3v) is 6.30. The summed E-state index contributed by atoms with van der Waals surface area (Å²) in [6.07, 6.45) is 0.0519. The number of hydrogen-bond donors (Lipinski definition) is 2. The van der Waals surface area contributed by atoms with Crippen molar-refractivity contribution in [2.75, 3.05) is 16.6 Å². The number of carbonyl (C=O) groups excluding carboxylic acids is 1. The fraction of sp³-hybridized carbons (Fsp3) is 0.238. The molecule has 1 heterocycles. The Balaban J connectivity index is 1.77. The highest BCUT2D eigenvalue weighted by molar-refractivity contribution is 7.92. The van der Waals surface area contributed by atoms with Crippen molar-refractivity contribution >= 4 is 38.9 Å². The van der Waals surface area contributed by atoms with Gasteiger partial charge in [-0.2, -0.15) is 0 Å². The van der Waals surface area contributed by atoms with Gasteiger partial charge >= 0.3 is 0 Å². The SMILES string of the molecule is CCOc1ccc(NS(=O)(=O)c2cc(NC(=O)Cc3c(C)noc3C)ccc2Cl)cc1. The Morgan fingerprint density at radius 2 is 1.81 bits per heavy atom. The van der Waals surface area contributed by atoms with Crippen LogP contribution in [0.4, 0.5) is 11.4 Å². The normalized spacial score (nSPS) is 11.2. The third kappa shape index (κ3) is 5.56. The second-order valence-corrected chi connectivity index (χ2v) is 8.79. The van der Waals surface area contributed by atoms with Crippen LogP contribution in [0.5, 0.6) is 5.75 Å². The molecule has 31 heavy (non-hydrogen) atoms. The van der Waals surface area contributed by atoms with E-state index in [1.165, 1.54) is 18.2 Å². The van der Waals surface area contributed by atoms with E-state index in [4.69, 9.17) is 20.9 Å². The van der Waals surface area contributed by atoms with Crippen LogP contribution < -0.4 is 14.8 Å². The molecule has 0 aliphatic rings. The summed E-state index contributed by atoms with van der Waals surface area (Å²) in [6, 6.07) is 10.8. The van der Waals surface area contributed by atoms with E-state index in [2.05, 4.69) is 15.2 Å². The second kappa shape index (κ2) is 9.40. The minimum Gasteiger partial charge on any atom is -0.494 e. The lowest BCUT2D eigenvalue weighted by Crippen LogP contribution is -2.17. The lowest BCUT2D eigenvalue weighted by atomic mass is 10.1. The summed E-state index contributed by atoms with van der Waals surface area (Å²) < 4.78 is 38.6. The number of benzene rings is 2. The minimum atomic E-state index is -3.99. The van der Waals surface area contributed by atoms with Crippen LogP contribution in [0.1, 0.15) is 23.9 Å². The first-order valence-electron chi connectivity index (χ1n) is 9.46. The van der Waals surface area contributed by atoms with Crippen molar-refractivity contribution in [3.63, 3.8) is 0 Å². The van der Waals surface area contributed by atoms with Gasteiger partial charge in [-0.3, -0.25) is 9.52 Å². The number of anilines is 2. The van der Waals surface area contributed by atoms with E-state index in [9.17, 15) is 13.2 Å². The predicted molar refractivity (Wildman–Crippen MR) is 118 cm³/mol. The number of ether oxygens (including phenoxy) is 1. The van der Waals surface area contributed by atoms with Gasteiger partial charge in [-0.05, 0) is 63.2 Å². The first-order valence-corrected chi connectivity index (χ1v) is 11.3. The van der Waals surface area contributed by atoms with E-state index < -0.39 is 10.0 Å². The summed E-state index contributed by atoms with van der Waals surface area (Å²) in [6.45, 7) is 5.84. The fourth-order valence-electron chi connectivity index (χ4n) is 2.90. The molecule has 3 rings (SSSR count). The number of amides is 1. The first-order chi connectivity index (χ1) is 14.7. The molecule has 10 heteroatoms. The number of sulfonamides is 1. The van der Waals surface area contributed by atoms with Crippen LogP contribution >= 0.6 is 11.6 Å². The molecule has 0 fully saturated rings. The van der Waals surface area contributed by atoms with Gasteiger partial charge in [0.15, 0.2) is 0 Å². The Bertz CT molecular complexity index is 1170. The molecule has 0 aliphatic carbocycles. The highest BCUT2D eigenvalue weighted by Crippen LogP contribution is 2.28. The van der Waals surface area contributed by atoms with Crippen LogP contribution in [0.25, 0.3) is 0 Å². The summed E-state index contributed by atoms with van der Waals surface area (Å²) >= 11 is 6.13. The van der Waals surface area contributed by atoms with Crippen LogP contribution in [0, 0.1) is 13.8 Å². The molecule has 0 atom stereocenters. The van der Waals surface area contributed by atoms with Crippen molar-refractivity contribution in [1.29, 1.82) is 0 Å². The summed E-state index contributed by atoms with van der Waals surface area (Å²) in [7, 11) is -3.99. The molecular weight excluding hydrogens is 442 g/mol. The molecule has 0 aliphatic heterocycles. The molecule has 0 saturated carbocycles. The molecule has 8 nitrogen and oxygen atoms in total. The van der Waals surface area contributed by atoms with Crippen LogP contribution in [0.15, 0.2) is 51.9 Å². The van der Waals surface area contributed by atoms with Gasteiger partial charge in [-0.1, -0.05) is 16.8 Å². The molecule has 0 bridgehead atoms. The van der Waals surface area contributed by atoms with Gasteiger partial charge < -0.3 is 14.6 Å². The maximum absolute atomic E-state index is 12.9. The lowest BCUT2D eigenvalue weighted by molar-refractivity contribution is -0.115. The zero-order valence-corrected chi connectivity index (χ0v) is 18.8. The van der Waals surface area contributed by atoms with Crippen molar-refractivity contribution < 1.29 is 22.5 Å². The molecule has 2 aromatic carbocycles. The Kier molecular flexibility index (Phi) is 6.87. The maximum atomic E-state index is 12.9. The standard InChI is InChI=1S/C21H22ClN3O5S/c1-4-29-17-8-5-15(6-9-17)25-31(27,28)20-11-16(7-10-19(20)22)23-21(26)12-18-13(2)24-30-14(18)3/h5-11,25H,4,12H2,1-3H3,(H,23,26). The molecule has 1 aromatic heterocycles. The monoisotopic (exact) mass is 463 g/mol. The van der Waals surface area contributed by atoms with E-state index in [0.29, 0.717) is 40.7 Å². The molecule has 0 radical (unpaired) electrons. The molecule has 2 N–H and O–H groups in total. The predicted octanol–water partition coefficient (Wildman–Crippen LogP) is 4.33. The molecular formula is C21H22ClN3O5S. The maximum Gasteiger partial charge on any atom is 0.263 e. The molecule has 164 valence electrons. The lowest BCUT2D eigenvalue weighted by Gasteiger charge is -2.12. The van der Waals surface area contributed by atoms with Crippen LogP contribution in [-0.2, 0) is 21.2 Å². The van der Waals surface area contributed by atoms with Crippen LogP contribution in [-0.4, -0.2) is 26.1 Å². The largest absolute Gasteiger partial charge is 0.494 e. The number of nitrogens with zero attached hydrogens (tertiary/aromatic N) is 1. The Hall–Kier alpha value is -3.04. The molecule has 0 unspecified atom stereocenters. The second-order valence-electron chi connectivity index (χ2n) is 6.74. The summed E-state index contributed by atoms with van der Waals surface area (Å²) in [5, 5.41) is 6.54. The van der Waals surface area contributed by atoms with E-state index in [-0.39, 0.29) is 22.2 Å². The van der Waals surface area contributed by atoms with Crippen molar-refractivity contribution in [1.82, 2.24) is 5.16 Å². The highest BCUT2D eigenvalue weighted by Gasteiger charge is 2.20. The number of aryl methyl sites for hydroxylation is 2. The average Bonchev–Trinajstić information content (AvgIpc) is 3.03. The average molecular weight is 464 g/mol. The molecule has 0 saturated heterocycles. The third-order valence-electron chi connectivity index (χ3n) is 4.44. The number of hydrogen-bond acceptors (Lipinski definition) is 6. The van der Waals surface area contributed by atoms with Gasteiger partial charge in [0.2, 0.25) is 5.91 Å². The van der Waals surface area contributed by atoms with E-state index in [1.54, 1.807) is 38.1 Å². The minimum absolute atomic E-state index is 0.0298. The molecule has 0 spiro atoms. The van der Waals surface area contributed by atoms with Gasteiger partial charge in [0, 0.05) is 16.9 Å². The van der Waals surface area contributed by atoms with Gasteiger partial charge in [0.25, 0.3) is 10.0 Å². The highest BCUT2D eigenvalue weighted by atomic mass is 35.5. The van der Waals surface area contributed by atoms with Crippen molar-refractivity contribution in [3.05, 3.63) is 64.5 Å². The summed E-state index contributed by atoms with van der Waals surface area (Å²) in [5.41, 5.74) is 1.98. The van der Waals surface area contributed by atoms with Gasteiger partial charge in [0.05, 0.1) is 23.7 Å². The van der Waals surface area contributed by atoms with E-state index in [1.807, 2.05) is 6.92 Å². The van der Waals surface area contributed by atoms with Crippen LogP contribution in [0.3, 0.4) is 0 Å². The number of nitrogens with one attached hydrogen (secondary N) is 2. The number of carbonyl (C=O) groups is 1. The fourth-order valence-corrected chi connectivity index (χ4v) is 4.49. The Labute approximate surface area is 185 Å². The quantitative estimate of drug-likeness (QED) is 0.514. The van der Waals surface area contributed by atoms with E-state index >= 15 is 0 Å². The summed E-state index contributed by atoms with van der Waals surface area (Å²) in [5.74, 6) is 0.859. The topological polar surface area (TPSA) is 111 Å². The van der Waals surface area contributed by atoms with E-state index in [0.717, 1.165) is 0 Å². The zero-order chi connectivity index (χ0) is 22.6. The zero-order valence-electron chi connectivity index (χ0n) is 17.2. The number of rotatable bonds is 8. The van der Waals surface area contributed by atoms with Crippen molar-refractivity contribution in [3.8, 4) is 5.75 Å². The number of halogens is 1. The van der Waals surface area contributed by atoms with Crippen molar-refractivity contribution in [2.24, 2.45) is 0 Å². The Morgan fingerprint density at radius 1 is 1.13 bits per heavy atom. The van der Waals surface area contributed by atoms with Gasteiger partial charge in [0.1, 0.15) is 16.4 Å². The van der Waals surface area contributed by atoms with Gasteiger partial charge in [-0.25, -0.2) is 8.42 Å². The smallest absolute Gasteiger partial charge is 0.263 e. The molecule has 3 aromatic rings. The van der Waals surface area contributed by atoms with Gasteiger partial charge in [-0.15, -0.1) is 0 Å². The summed E-state index contributed by atoms with van der Waals surface area (Å²) in [4.78, 5) is 12.3. The number of aromatic nitrogens is 1. The Morgan fingerprint density at radius 3 is 2.42 bits per heavy atom. The molecule has 1 amide bonds.